The van der Waals surface area contributed by atoms with Crippen LogP contribution in [-0.4, -0.2) is 30.9 Å². The summed E-state index contributed by atoms with van der Waals surface area (Å²) in [6, 6.07) is 0.860. The fourth-order valence-corrected chi connectivity index (χ4v) is 1.89. The van der Waals surface area contributed by atoms with E-state index in [-0.39, 0.29) is 0 Å². The SMILES string of the molecule is [CH]1OC2C3COC2C1N3. The molecule has 3 heterocycles. The molecule has 0 aromatic rings. The van der Waals surface area contributed by atoms with Gasteiger partial charge in [-0.15, -0.1) is 0 Å². The van der Waals surface area contributed by atoms with E-state index in [1.54, 1.807) is 0 Å². The highest BCUT2D eigenvalue weighted by atomic mass is 16.6. The van der Waals surface area contributed by atoms with Gasteiger partial charge in [-0.25, -0.2) is 0 Å². The first-order valence-corrected chi connectivity index (χ1v) is 3.31. The van der Waals surface area contributed by atoms with E-state index in [9.17, 15) is 0 Å². The molecule has 4 bridgehead atoms. The minimum Gasteiger partial charge on any atom is -0.372 e. The highest BCUT2D eigenvalue weighted by Gasteiger charge is 2.55. The van der Waals surface area contributed by atoms with Crippen LogP contribution in [0.5, 0.6) is 0 Å². The zero-order valence-corrected chi connectivity index (χ0v) is 4.91. The van der Waals surface area contributed by atoms with Crippen molar-refractivity contribution in [3.05, 3.63) is 6.61 Å². The first kappa shape index (κ1) is 4.66. The van der Waals surface area contributed by atoms with E-state index in [0.29, 0.717) is 24.3 Å². The van der Waals surface area contributed by atoms with E-state index in [0.717, 1.165) is 6.61 Å². The summed E-state index contributed by atoms with van der Waals surface area (Å²) in [7, 11) is 0. The molecule has 3 aliphatic rings. The maximum absolute atomic E-state index is 5.42. The Morgan fingerprint density at radius 2 is 2.44 bits per heavy atom. The third kappa shape index (κ3) is 0.407. The minimum atomic E-state index is 0.329. The molecule has 0 aromatic heterocycles. The highest BCUT2D eigenvalue weighted by Crippen LogP contribution is 2.35. The monoisotopic (exact) mass is 126 g/mol. The summed E-state index contributed by atoms with van der Waals surface area (Å²) in [5.41, 5.74) is 0. The third-order valence-electron chi connectivity index (χ3n) is 2.33. The standard InChI is InChI=1S/C6H8NO2/c1-3-5-6(8-1)4(7-3)2-9-5/h1,3-7H,2H2. The van der Waals surface area contributed by atoms with Gasteiger partial charge in [-0.1, -0.05) is 0 Å². The van der Waals surface area contributed by atoms with E-state index in [1.807, 2.05) is 6.61 Å². The Labute approximate surface area is 53.3 Å². The van der Waals surface area contributed by atoms with E-state index < -0.39 is 0 Å². The normalized spacial score (nSPS) is 61.3. The molecule has 0 aromatic carbocycles. The Hall–Kier alpha value is -0.120. The number of rotatable bonds is 0. The van der Waals surface area contributed by atoms with Gasteiger partial charge in [0.05, 0.1) is 18.7 Å². The van der Waals surface area contributed by atoms with E-state index in [4.69, 9.17) is 9.47 Å². The Morgan fingerprint density at radius 3 is 3.00 bits per heavy atom. The summed E-state index contributed by atoms with van der Waals surface area (Å²) < 4.78 is 10.7. The van der Waals surface area contributed by atoms with Crippen LogP contribution in [0.3, 0.4) is 0 Å². The van der Waals surface area contributed by atoms with Gasteiger partial charge in [0.1, 0.15) is 18.8 Å². The van der Waals surface area contributed by atoms with Gasteiger partial charge in [0.25, 0.3) is 0 Å². The van der Waals surface area contributed by atoms with Crippen molar-refractivity contribution in [2.24, 2.45) is 0 Å². The van der Waals surface area contributed by atoms with E-state index >= 15 is 0 Å². The van der Waals surface area contributed by atoms with E-state index in [1.165, 1.54) is 0 Å². The van der Waals surface area contributed by atoms with Crippen LogP contribution in [0.15, 0.2) is 0 Å². The Kier molecular flexibility index (Phi) is 0.678. The van der Waals surface area contributed by atoms with Crippen LogP contribution in [0.4, 0.5) is 0 Å². The van der Waals surface area contributed by atoms with Gasteiger partial charge >= 0.3 is 0 Å². The van der Waals surface area contributed by atoms with Crippen molar-refractivity contribution in [3.8, 4) is 0 Å². The van der Waals surface area contributed by atoms with Crippen molar-refractivity contribution < 1.29 is 9.47 Å². The molecular weight excluding hydrogens is 118 g/mol. The molecule has 3 heteroatoms. The Balaban J connectivity index is 2.02. The van der Waals surface area contributed by atoms with Crippen LogP contribution < -0.4 is 5.32 Å². The van der Waals surface area contributed by atoms with Crippen LogP contribution in [0, 0.1) is 6.61 Å². The molecule has 0 spiro atoms. The van der Waals surface area contributed by atoms with Crippen molar-refractivity contribution in [1.29, 1.82) is 0 Å². The molecule has 0 saturated carbocycles. The zero-order chi connectivity index (χ0) is 5.84. The van der Waals surface area contributed by atoms with Gasteiger partial charge in [0, 0.05) is 0 Å². The maximum atomic E-state index is 5.42. The number of hydrogen-bond acceptors (Lipinski definition) is 3. The molecule has 3 nitrogen and oxygen atoms in total. The summed E-state index contributed by atoms with van der Waals surface area (Å²) in [5.74, 6) is 0. The molecule has 3 fully saturated rings. The lowest BCUT2D eigenvalue weighted by atomic mass is 10.2. The van der Waals surface area contributed by atoms with Gasteiger partial charge in [0.15, 0.2) is 0 Å². The second-order valence-electron chi connectivity index (χ2n) is 2.83. The number of morpholine rings is 2. The van der Waals surface area contributed by atoms with E-state index in [2.05, 4.69) is 5.32 Å². The topological polar surface area (TPSA) is 30.5 Å². The first-order chi connectivity index (χ1) is 4.45. The average Bonchev–Trinajstić information content (AvgIpc) is 2.50. The van der Waals surface area contributed by atoms with Crippen molar-refractivity contribution in [3.63, 3.8) is 0 Å². The predicted octanol–water partition coefficient (Wildman–Crippen LogP) is -0.714. The summed E-state index contributed by atoms with van der Waals surface area (Å²) in [4.78, 5) is 0. The second-order valence-corrected chi connectivity index (χ2v) is 2.83. The van der Waals surface area contributed by atoms with Crippen LogP contribution >= 0.6 is 0 Å². The van der Waals surface area contributed by atoms with Crippen molar-refractivity contribution in [2.45, 2.75) is 24.3 Å². The van der Waals surface area contributed by atoms with Crippen molar-refractivity contribution in [2.75, 3.05) is 6.61 Å². The molecule has 49 valence electrons. The minimum absolute atomic E-state index is 0.329. The molecule has 1 N–H and O–H groups in total. The maximum Gasteiger partial charge on any atom is 0.104 e. The zero-order valence-electron chi connectivity index (χ0n) is 4.91. The van der Waals surface area contributed by atoms with Crippen LogP contribution in [0.1, 0.15) is 0 Å². The van der Waals surface area contributed by atoms with Gasteiger partial charge in [0.2, 0.25) is 0 Å². The number of ether oxygens (including phenoxy) is 2. The molecule has 9 heavy (non-hydrogen) atoms. The lowest BCUT2D eigenvalue weighted by Crippen LogP contribution is -2.43. The molecule has 1 radical (unpaired) electrons. The molecule has 0 aliphatic carbocycles. The number of nitrogens with one attached hydrogen (secondary N) is 1. The quantitative estimate of drug-likeness (QED) is 0.465. The fraction of sp³-hybridized carbons (Fsp3) is 0.833. The molecule has 0 amide bonds. The van der Waals surface area contributed by atoms with Crippen LogP contribution in [0.2, 0.25) is 0 Å². The lowest BCUT2D eigenvalue weighted by molar-refractivity contribution is 0.0705. The Morgan fingerprint density at radius 1 is 1.44 bits per heavy atom. The molecular formula is C6H8NO2. The molecule has 3 saturated heterocycles. The summed E-state index contributed by atoms with van der Waals surface area (Å²) in [6.07, 6.45) is 0.657. The lowest BCUT2D eigenvalue weighted by Gasteiger charge is -2.21. The summed E-state index contributed by atoms with van der Waals surface area (Å²) >= 11 is 0. The number of hydrogen-bond donors (Lipinski definition) is 1. The van der Waals surface area contributed by atoms with Crippen molar-refractivity contribution >= 4 is 0 Å². The van der Waals surface area contributed by atoms with Crippen molar-refractivity contribution in [1.82, 2.24) is 5.32 Å². The Bertz CT molecular complexity index is 134. The second kappa shape index (κ2) is 1.31. The molecule has 3 aliphatic heterocycles. The first-order valence-electron chi connectivity index (χ1n) is 3.31. The predicted molar refractivity (Wildman–Crippen MR) is 29.6 cm³/mol. The average molecular weight is 126 g/mol. The van der Waals surface area contributed by atoms with Gasteiger partial charge < -0.3 is 14.8 Å². The largest absolute Gasteiger partial charge is 0.372 e. The molecule has 3 rings (SSSR count). The van der Waals surface area contributed by atoms with Crippen LogP contribution in [0.25, 0.3) is 0 Å². The summed E-state index contributed by atoms with van der Waals surface area (Å²) in [5, 5.41) is 3.38. The third-order valence-corrected chi connectivity index (χ3v) is 2.33. The summed E-state index contributed by atoms with van der Waals surface area (Å²) in [6.45, 7) is 2.69. The molecule has 4 unspecified atom stereocenters. The van der Waals surface area contributed by atoms with Gasteiger partial charge in [-0.05, 0) is 0 Å². The molecule has 4 atom stereocenters. The fourth-order valence-electron chi connectivity index (χ4n) is 1.89. The van der Waals surface area contributed by atoms with Crippen LogP contribution in [-0.2, 0) is 9.47 Å². The smallest absolute Gasteiger partial charge is 0.104 e. The van der Waals surface area contributed by atoms with Gasteiger partial charge in [-0.3, -0.25) is 0 Å². The van der Waals surface area contributed by atoms with Gasteiger partial charge in [-0.2, -0.15) is 0 Å². The highest BCUT2D eigenvalue weighted by molar-refractivity contribution is 5.12.